The maximum absolute atomic E-state index is 6.04. The van der Waals surface area contributed by atoms with E-state index in [9.17, 15) is 0 Å². The molecule has 3 nitrogen and oxygen atoms in total. The van der Waals surface area contributed by atoms with Crippen molar-refractivity contribution in [3.8, 4) is 0 Å². The van der Waals surface area contributed by atoms with E-state index in [1.165, 1.54) is 18.4 Å². The summed E-state index contributed by atoms with van der Waals surface area (Å²) in [5.74, 6) is 1.38. The summed E-state index contributed by atoms with van der Waals surface area (Å²) in [5, 5.41) is 0. The van der Waals surface area contributed by atoms with E-state index in [0.717, 1.165) is 23.3 Å². The molecule has 0 aromatic heterocycles. The molecule has 20 heavy (non-hydrogen) atoms. The van der Waals surface area contributed by atoms with Crippen molar-refractivity contribution in [2.45, 2.75) is 43.7 Å². The lowest BCUT2D eigenvalue weighted by atomic mass is 9.76. The molecule has 0 heterocycles. The van der Waals surface area contributed by atoms with Gasteiger partial charge in [0, 0.05) is 17.6 Å². The highest BCUT2D eigenvalue weighted by Gasteiger charge is 2.32. The molecule has 5 heteroatoms. The molecule has 3 rings (SSSR count). The monoisotopic (exact) mass is 449 g/mol. The first-order valence-corrected chi connectivity index (χ1v) is 7.74. The third kappa shape index (κ3) is 3.67. The maximum atomic E-state index is 6.04. The Balaban J connectivity index is 0.00000147. The van der Waals surface area contributed by atoms with Crippen LogP contribution in [0.3, 0.4) is 0 Å². The molecule has 0 aliphatic heterocycles. The van der Waals surface area contributed by atoms with Gasteiger partial charge in [-0.3, -0.25) is 0 Å². The molecule has 2 N–H and O–H groups in total. The number of halogens is 2. The molecule has 2 saturated carbocycles. The normalized spacial score (nSPS) is 25.6. The lowest BCUT2D eigenvalue weighted by Gasteiger charge is -2.34. The molecule has 0 amide bonds. The van der Waals surface area contributed by atoms with Gasteiger partial charge in [0.15, 0.2) is 5.96 Å². The molecular weight excluding hydrogens is 429 g/mol. The topological polar surface area (TPSA) is 41.6 Å². The van der Waals surface area contributed by atoms with Crippen molar-refractivity contribution in [2.24, 2.45) is 10.7 Å². The minimum Gasteiger partial charge on any atom is -0.370 e. The fourth-order valence-electron chi connectivity index (χ4n) is 2.63. The number of nitrogens with zero attached hydrogens (tertiary/aromatic N) is 2. The van der Waals surface area contributed by atoms with Crippen LogP contribution in [-0.2, 0) is 0 Å². The first-order chi connectivity index (χ1) is 9.13. The van der Waals surface area contributed by atoms with E-state index in [1.54, 1.807) is 0 Å². The van der Waals surface area contributed by atoms with E-state index in [4.69, 9.17) is 5.73 Å². The third-order valence-electron chi connectivity index (χ3n) is 4.23. The first kappa shape index (κ1) is 16.1. The van der Waals surface area contributed by atoms with Gasteiger partial charge in [0.1, 0.15) is 0 Å². The smallest absolute Gasteiger partial charge is 0.191 e. The summed E-state index contributed by atoms with van der Waals surface area (Å²) in [5.41, 5.74) is 7.46. The summed E-state index contributed by atoms with van der Waals surface area (Å²) in [7, 11) is 2.06. The highest BCUT2D eigenvalue weighted by Crippen LogP contribution is 2.39. The average molecular weight is 450 g/mol. The summed E-state index contributed by atoms with van der Waals surface area (Å²) in [6, 6.07) is 9.69. The van der Waals surface area contributed by atoms with Crippen LogP contribution in [0.2, 0.25) is 0 Å². The van der Waals surface area contributed by atoms with Gasteiger partial charge in [0.25, 0.3) is 0 Å². The van der Waals surface area contributed by atoms with Crippen LogP contribution in [0.1, 0.15) is 37.2 Å². The van der Waals surface area contributed by atoms with Crippen molar-refractivity contribution in [3.05, 3.63) is 34.3 Å². The molecule has 110 valence electrons. The summed E-state index contributed by atoms with van der Waals surface area (Å²) >= 11 is 3.47. The lowest BCUT2D eigenvalue weighted by molar-refractivity contribution is 0.347. The van der Waals surface area contributed by atoms with E-state index in [-0.39, 0.29) is 24.0 Å². The minimum absolute atomic E-state index is 0. The first-order valence-electron chi connectivity index (χ1n) is 6.95. The Morgan fingerprint density at radius 3 is 2.40 bits per heavy atom. The van der Waals surface area contributed by atoms with Crippen LogP contribution in [0, 0.1) is 0 Å². The number of guanidine groups is 1. The average Bonchev–Trinajstić information content (AvgIpc) is 3.17. The van der Waals surface area contributed by atoms with Crippen LogP contribution in [0.4, 0.5) is 0 Å². The largest absolute Gasteiger partial charge is 0.370 e. The Hall–Kier alpha value is -0.300. The maximum Gasteiger partial charge on any atom is 0.191 e. The summed E-state index contributed by atoms with van der Waals surface area (Å²) in [6.45, 7) is 0. The molecule has 2 fully saturated rings. The number of nitrogens with two attached hydrogens (primary N) is 1. The zero-order chi connectivity index (χ0) is 13.4. The van der Waals surface area contributed by atoms with Crippen molar-refractivity contribution in [2.75, 3.05) is 7.05 Å². The van der Waals surface area contributed by atoms with E-state index >= 15 is 0 Å². The fourth-order valence-corrected chi connectivity index (χ4v) is 2.89. The van der Waals surface area contributed by atoms with Crippen LogP contribution in [0.5, 0.6) is 0 Å². The molecule has 0 unspecified atom stereocenters. The van der Waals surface area contributed by atoms with Crippen LogP contribution in [0.15, 0.2) is 33.7 Å². The van der Waals surface area contributed by atoms with E-state index in [2.05, 4.69) is 57.1 Å². The molecule has 0 spiro atoms. The standard InChI is InChI=1S/C15H20BrN3.HI/c1-19(14-6-7-14)15(17)18-13-8-11(9-13)10-2-4-12(16)5-3-10;/h2-5,11,13-14H,6-9H2,1H3,(H2,17,18);1H. The van der Waals surface area contributed by atoms with Crippen molar-refractivity contribution < 1.29 is 0 Å². The molecule has 0 saturated heterocycles. The van der Waals surface area contributed by atoms with Gasteiger partial charge in [-0.15, -0.1) is 24.0 Å². The highest BCUT2D eigenvalue weighted by molar-refractivity contribution is 14.0. The second-order valence-corrected chi connectivity index (χ2v) is 6.62. The Labute approximate surface area is 146 Å². The molecule has 0 radical (unpaired) electrons. The second kappa shape index (κ2) is 6.64. The summed E-state index contributed by atoms with van der Waals surface area (Å²) < 4.78 is 1.14. The predicted octanol–water partition coefficient (Wildman–Crippen LogP) is 3.72. The zero-order valence-corrected chi connectivity index (χ0v) is 15.5. The molecule has 2 aliphatic carbocycles. The van der Waals surface area contributed by atoms with Gasteiger partial charge in [-0.2, -0.15) is 0 Å². The zero-order valence-electron chi connectivity index (χ0n) is 11.6. The summed E-state index contributed by atoms with van der Waals surface area (Å²) in [6.07, 6.45) is 4.78. The van der Waals surface area contributed by atoms with Gasteiger partial charge >= 0.3 is 0 Å². The van der Waals surface area contributed by atoms with Crippen LogP contribution in [0.25, 0.3) is 0 Å². The number of hydrogen-bond acceptors (Lipinski definition) is 1. The second-order valence-electron chi connectivity index (χ2n) is 5.70. The highest BCUT2D eigenvalue weighted by atomic mass is 127. The van der Waals surface area contributed by atoms with Gasteiger partial charge in [0.05, 0.1) is 6.04 Å². The third-order valence-corrected chi connectivity index (χ3v) is 4.75. The molecule has 0 bridgehead atoms. The molecule has 0 atom stereocenters. The van der Waals surface area contributed by atoms with Crippen molar-refractivity contribution >= 4 is 45.9 Å². The Kier molecular flexibility index (Phi) is 5.34. The SMILES string of the molecule is CN(C(N)=NC1CC(c2ccc(Br)cc2)C1)C1CC1.I. The van der Waals surface area contributed by atoms with E-state index in [0.29, 0.717) is 18.0 Å². The summed E-state index contributed by atoms with van der Waals surface area (Å²) in [4.78, 5) is 6.78. The van der Waals surface area contributed by atoms with Gasteiger partial charge < -0.3 is 10.6 Å². The van der Waals surface area contributed by atoms with E-state index < -0.39 is 0 Å². The van der Waals surface area contributed by atoms with Crippen LogP contribution < -0.4 is 5.73 Å². The van der Waals surface area contributed by atoms with Crippen LogP contribution >= 0.6 is 39.9 Å². The lowest BCUT2D eigenvalue weighted by Crippen LogP contribution is -2.38. The number of hydrogen-bond donors (Lipinski definition) is 1. The molecular formula is C15H21BrIN3. The molecule has 1 aromatic carbocycles. The molecule has 1 aromatic rings. The van der Waals surface area contributed by atoms with Gasteiger partial charge in [-0.05, 0) is 49.3 Å². The quantitative estimate of drug-likeness (QED) is 0.434. The number of rotatable bonds is 3. The minimum atomic E-state index is 0. The van der Waals surface area contributed by atoms with Crippen molar-refractivity contribution in [1.82, 2.24) is 4.90 Å². The Morgan fingerprint density at radius 1 is 1.25 bits per heavy atom. The molecule has 2 aliphatic rings. The van der Waals surface area contributed by atoms with Crippen LogP contribution in [-0.4, -0.2) is 30.0 Å². The van der Waals surface area contributed by atoms with E-state index in [1.807, 2.05) is 0 Å². The fraction of sp³-hybridized carbons (Fsp3) is 0.533. The van der Waals surface area contributed by atoms with Gasteiger partial charge in [-0.25, -0.2) is 4.99 Å². The number of aliphatic imine (C=N–C) groups is 1. The van der Waals surface area contributed by atoms with Gasteiger partial charge in [-0.1, -0.05) is 28.1 Å². The Bertz CT molecular complexity index is 478. The predicted molar refractivity (Wildman–Crippen MR) is 97.7 cm³/mol. The number of benzene rings is 1. The Morgan fingerprint density at radius 2 is 1.85 bits per heavy atom. The van der Waals surface area contributed by atoms with Crippen molar-refractivity contribution in [3.63, 3.8) is 0 Å². The van der Waals surface area contributed by atoms with Gasteiger partial charge in [0.2, 0.25) is 0 Å². The van der Waals surface area contributed by atoms with Crippen molar-refractivity contribution in [1.29, 1.82) is 0 Å².